The zero-order valence-corrected chi connectivity index (χ0v) is 10.8. The van der Waals surface area contributed by atoms with Gasteiger partial charge in [0.2, 0.25) is 0 Å². The molecule has 1 fully saturated rings. The van der Waals surface area contributed by atoms with E-state index >= 15 is 0 Å². The maximum Gasteiger partial charge on any atom is 0.157 e. The molecule has 0 aromatic heterocycles. The number of hydrogen-bond donors (Lipinski definition) is 1. The lowest BCUT2D eigenvalue weighted by molar-refractivity contribution is 0.480. The summed E-state index contributed by atoms with van der Waals surface area (Å²) in [6.07, 6.45) is 4.05. The van der Waals surface area contributed by atoms with E-state index in [2.05, 4.69) is 26.1 Å². The van der Waals surface area contributed by atoms with Crippen molar-refractivity contribution in [3.05, 3.63) is 0 Å². The van der Waals surface area contributed by atoms with Crippen LogP contribution < -0.4 is 5.32 Å². The molecule has 1 aliphatic carbocycles. The molecular formula is C12H22N2S. The van der Waals surface area contributed by atoms with Gasteiger partial charge in [-0.1, -0.05) is 25.6 Å². The molecule has 0 spiro atoms. The fourth-order valence-electron chi connectivity index (χ4n) is 2.00. The first-order valence-electron chi connectivity index (χ1n) is 6.14. The van der Waals surface area contributed by atoms with E-state index in [1.54, 1.807) is 0 Å². The van der Waals surface area contributed by atoms with Gasteiger partial charge in [0, 0.05) is 11.8 Å². The minimum atomic E-state index is 0.542. The number of hydrogen-bond acceptors (Lipinski definition) is 3. The highest BCUT2D eigenvalue weighted by atomic mass is 32.2. The summed E-state index contributed by atoms with van der Waals surface area (Å²) in [6.45, 7) is 6.83. The molecule has 15 heavy (non-hydrogen) atoms. The first-order valence-corrected chi connectivity index (χ1v) is 7.12. The summed E-state index contributed by atoms with van der Waals surface area (Å²) in [5.41, 5.74) is 0. The standard InChI is InChI=1S/C12H22N2S/c1-8(2)11-6-7-15-12(14-11)13-9(3)10-4-5-10/h8-11H,4-7H2,1-3H3,(H,13,14). The fourth-order valence-corrected chi connectivity index (χ4v) is 3.03. The summed E-state index contributed by atoms with van der Waals surface area (Å²) < 4.78 is 0. The molecule has 1 aliphatic heterocycles. The number of thioether (sulfide) groups is 1. The summed E-state index contributed by atoms with van der Waals surface area (Å²) in [4.78, 5) is 4.80. The van der Waals surface area contributed by atoms with Crippen LogP contribution in [0.2, 0.25) is 0 Å². The van der Waals surface area contributed by atoms with E-state index in [-0.39, 0.29) is 0 Å². The highest BCUT2D eigenvalue weighted by molar-refractivity contribution is 8.13. The normalized spacial score (nSPS) is 28.8. The molecule has 2 atom stereocenters. The monoisotopic (exact) mass is 226 g/mol. The molecule has 0 saturated heterocycles. The molecule has 0 bridgehead atoms. The molecule has 2 rings (SSSR count). The van der Waals surface area contributed by atoms with E-state index < -0.39 is 0 Å². The van der Waals surface area contributed by atoms with Crippen LogP contribution in [0.1, 0.15) is 40.0 Å². The van der Waals surface area contributed by atoms with Crippen molar-refractivity contribution < 1.29 is 0 Å². The lowest BCUT2D eigenvalue weighted by Crippen LogP contribution is -2.35. The quantitative estimate of drug-likeness (QED) is 0.800. The number of rotatable bonds is 3. The second kappa shape index (κ2) is 4.77. The van der Waals surface area contributed by atoms with Crippen LogP contribution in [-0.4, -0.2) is 23.0 Å². The summed E-state index contributed by atoms with van der Waals surface area (Å²) in [5.74, 6) is 2.82. The molecule has 1 saturated carbocycles. The Labute approximate surface area is 97.3 Å². The average Bonchev–Trinajstić information content (AvgIpc) is 3.01. The molecular weight excluding hydrogens is 204 g/mol. The zero-order chi connectivity index (χ0) is 10.8. The fraction of sp³-hybridized carbons (Fsp3) is 0.917. The van der Waals surface area contributed by atoms with Crippen LogP contribution >= 0.6 is 11.8 Å². The van der Waals surface area contributed by atoms with Gasteiger partial charge in [-0.15, -0.1) is 0 Å². The van der Waals surface area contributed by atoms with E-state index in [9.17, 15) is 0 Å². The smallest absolute Gasteiger partial charge is 0.157 e. The van der Waals surface area contributed by atoms with Crippen LogP contribution in [0.3, 0.4) is 0 Å². The SMILES string of the molecule is CC(C)C1CCSC(NC(C)C2CC2)=N1. The van der Waals surface area contributed by atoms with Gasteiger partial charge in [0.05, 0.1) is 6.04 Å². The van der Waals surface area contributed by atoms with Crippen LogP contribution in [0.4, 0.5) is 0 Å². The molecule has 1 heterocycles. The van der Waals surface area contributed by atoms with Crippen LogP contribution in [0.25, 0.3) is 0 Å². The second-order valence-corrected chi connectivity index (χ2v) is 6.24. The van der Waals surface area contributed by atoms with Crippen molar-refractivity contribution in [2.75, 3.05) is 5.75 Å². The van der Waals surface area contributed by atoms with Crippen molar-refractivity contribution in [3.63, 3.8) is 0 Å². The number of nitrogens with zero attached hydrogens (tertiary/aromatic N) is 1. The minimum Gasteiger partial charge on any atom is -0.362 e. The Balaban J connectivity index is 1.89. The predicted octanol–water partition coefficient (Wildman–Crippen LogP) is 2.89. The molecule has 2 nitrogen and oxygen atoms in total. The Morgan fingerprint density at radius 1 is 1.27 bits per heavy atom. The molecule has 2 aliphatic rings. The van der Waals surface area contributed by atoms with Gasteiger partial charge in [0.15, 0.2) is 5.17 Å². The van der Waals surface area contributed by atoms with Crippen LogP contribution in [0.5, 0.6) is 0 Å². The Bertz CT molecular complexity index is 246. The van der Waals surface area contributed by atoms with Crippen molar-refractivity contribution in [2.24, 2.45) is 16.8 Å². The van der Waals surface area contributed by atoms with Gasteiger partial charge in [-0.2, -0.15) is 0 Å². The highest BCUT2D eigenvalue weighted by Crippen LogP contribution is 2.33. The summed E-state index contributed by atoms with van der Waals surface area (Å²) in [6, 6.07) is 1.17. The molecule has 2 unspecified atom stereocenters. The second-order valence-electron chi connectivity index (χ2n) is 5.15. The average molecular weight is 226 g/mol. The van der Waals surface area contributed by atoms with Gasteiger partial charge in [0.1, 0.15) is 0 Å². The highest BCUT2D eigenvalue weighted by Gasteiger charge is 2.29. The van der Waals surface area contributed by atoms with Gasteiger partial charge in [-0.05, 0) is 38.0 Å². The molecule has 86 valence electrons. The van der Waals surface area contributed by atoms with Gasteiger partial charge in [-0.25, -0.2) is 0 Å². The van der Waals surface area contributed by atoms with E-state index in [4.69, 9.17) is 4.99 Å². The van der Waals surface area contributed by atoms with Gasteiger partial charge in [0.25, 0.3) is 0 Å². The Morgan fingerprint density at radius 3 is 2.60 bits per heavy atom. The molecule has 0 aromatic rings. The van der Waals surface area contributed by atoms with E-state index in [0.717, 1.165) is 5.92 Å². The third-order valence-corrected chi connectivity index (χ3v) is 4.32. The van der Waals surface area contributed by atoms with Gasteiger partial charge >= 0.3 is 0 Å². The number of amidine groups is 1. The Kier molecular flexibility index (Phi) is 3.60. The van der Waals surface area contributed by atoms with Gasteiger partial charge in [-0.3, -0.25) is 4.99 Å². The topological polar surface area (TPSA) is 24.4 Å². The number of aliphatic imine (C=N–C) groups is 1. The minimum absolute atomic E-state index is 0.542. The third kappa shape index (κ3) is 3.13. The van der Waals surface area contributed by atoms with Crippen molar-refractivity contribution in [1.82, 2.24) is 5.32 Å². The van der Waals surface area contributed by atoms with E-state index in [0.29, 0.717) is 18.0 Å². The van der Waals surface area contributed by atoms with Crippen LogP contribution in [0, 0.1) is 11.8 Å². The van der Waals surface area contributed by atoms with E-state index in [1.165, 1.54) is 30.2 Å². The maximum atomic E-state index is 4.80. The molecule has 0 amide bonds. The van der Waals surface area contributed by atoms with Crippen molar-refractivity contribution in [1.29, 1.82) is 0 Å². The predicted molar refractivity (Wildman–Crippen MR) is 68.5 cm³/mol. The van der Waals surface area contributed by atoms with Crippen molar-refractivity contribution >= 4 is 16.9 Å². The molecule has 0 aromatic carbocycles. The lowest BCUT2D eigenvalue weighted by Gasteiger charge is -2.25. The largest absolute Gasteiger partial charge is 0.362 e. The first-order chi connectivity index (χ1) is 7.16. The summed E-state index contributed by atoms with van der Waals surface area (Å²) >= 11 is 1.90. The third-order valence-electron chi connectivity index (χ3n) is 3.39. The summed E-state index contributed by atoms with van der Waals surface area (Å²) in [5, 5.41) is 4.77. The first kappa shape index (κ1) is 11.3. The molecule has 0 radical (unpaired) electrons. The molecule has 1 N–H and O–H groups in total. The molecule has 3 heteroatoms. The van der Waals surface area contributed by atoms with Gasteiger partial charge < -0.3 is 5.32 Å². The maximum absolute atomic E-state index is 4.80. The Morgan fingerprint density at radius 2 is 2.00 bits per heavy atom. The Hall–Kier alpha value is -0.180. The zero-order valence-electron chi connectivity index (χ0n) is 9.99. The van der Waals surface area contributed by atoms with Crippen molar-refractivity contribution in [2.45, 2.75) is 52.1 Å². The van der Waals surface area contributed by atoms with E-state index in [1.807, 2.05) is 11.8 Å². The van der Waals surface area contributed by atoms with Crippen molar-refractivity contribution in [3.8, 4) is 0 Å². The lowest BCUT2D eigenvalue weighted by atomic mass is 10.0. The number of nitrogens with one attached hydrogen (secondary N) is 1. The van der Waals surface area contributed by atoms with Crippen LogP contribution in [-0.2, 0) is 0 Å². The summed E-state index contributed by atoms with van der Waals surface area (Å²) in [7, 11) is 0. The van der Waals surface area contributed by atoms with Crippen LogP contribution in [0.15, 0.2) is 4.99 Å².